The SMILES string of the molecule is CC(=O)C1(CC=O)CCCCCCC1. The molecular formula is C12H20O2. The van der Waals surface area contributed by atoms with Gasteiger partial charge in [0.1, 0.15) is 12.1 Å². The van der Waals surface area contributed by atoms with E-state index in [9.17, 15) is 9.59 Å². The lowest BCUT2D eigenvalue weighted by molar-refractivity contribution is -0.130. The first-order valence-electron chi connectivity index (χ1n) is 5.66. The van der Waals surface area contributed by atoms with E-state index in [1.165, 1.54) is 19.3 Å². The van der Waals surface area contributed by atoms with E-state index in [0.29, 0.717) is 6.42 Å². The highest BCUT2D eigenvalue weighted by Crippen LogP contribution is 2.37. The Morgan fingerprint density at radius 3 is 2.07 bits per heavy atom. The minimum absolute atomic E-state index is 0.214. The molecule has 2 heteroatoms. The van der Waals surface area contributed by atoms with Gasteiger partial charge in [0.25, 0.3) is 0 Å². The summed E-state index contributed by atoms with van der Waals surface area (Å²) in [4.78, 5) is 22.2. The zero-order chi connectivity index (χ0) is 10.4. The molecule has 1 rings (SSSR count). The molecule has 0 N–H and O–H groups in total. The Balaban J connectivity index is 2.70. The first-order chi connectivity index (χ1) is 6.71. The smallest absolute Gasteiger partial charge is 0.136 e. The van der Waals surface area contributed by atoms with Crippen LogP contribution in [0.2, 0.25) is 0 Å². The lowest BCUT2D eigenvalue weighted by atomic mass is 9.71. The first kappa shape index (κ1) is 11.4. The van der Waals surface area contributed by atoms with E-state index < -0.39 is 0 Å². The Kier molecular flexibility index (Phi) is 4.30. The van der Waals surface area contributed by atoms with Crippen LogP contribution in [-0.2, 0) is 9.59 Å². The highest BCUT2D eigenvalue weighted by Gasteiger charge is 2.34. The van der Waals surface area contributed by atoms with E-state index in [0.717, 1.165) is 32.0 Å². The fourth-order valence-electron chi connectivity index (χ4n) is 2.44. The van der Waals surface area contributed by atoms with Gasteiger partial charge in [-0.05, 0) is 19.8 Å². The molecule has 14 heavy (non-hydrogen) atoms. The van der Waals surface area contributed by atoms with E-state index in [1.807, 2.05) is 0 Å². The van der Waals surface area contributed by atoms with Gasteiger partial charge in [0.15, 0.2) is 0 Å². The van der Waals surface area contributed by atoms with Gasteiger partial charge in [0.2, 0.25) is 0 Å². The standard InChI is InChI=1S/C12H20O2/c1-11(14)12(9-10-13)7-5-3-2-4-6-8-12/h10H,2-9H2,1H3. The van der Waals surface area contributed by atoms with Crippen molar-refractivity contribution in [2.24, 2.45) is 5.41 Å². The molecule has 80 valence electrons. The fourth-order valence-corrected chi connectivity index (χ4v) is 2.44. The Hall–Kier alpha value is -0.660. The molecule has 0 amide bonds. The molecule has 0 aromatic heterocycles. The first-order valence-corrected chi connectivity index (χ1v) is 5.66. The van der Waals surface area contributed by atoms with Crippen molar-refractivity contribution in [3.63, 3.8) is 0 Å². The average molecular weight is 196 g/mol. The second kappa shape index (κ2) is 5.28. The summed E-state index contributed by atoms with van der Waals surface area (Å²) in [5.74, 6) is 0.214. The van der Waals surface area contributed by atoms with Crippen LogP contribution in [0.5, 0.6) is 0 Å². The maximum absolute atomic E-state index is 11.6. The number of aldehydes is 1. The molecule has 1 aliphatic rings. The van der Waals surface area contributed by atoms with Gasteiger partial charge >= 0.3 is 0 Å². The number of carbonyl (C=O) groups excluding carboxylic acids is 2. The van der Waals surface area contributed by atoms with Crippen LogP contribution in [0.1, 0.15) is 58.3 Å². The van der Waals surface area contributed by atoms with Crippen LogP contribution in [-0.4, -0.2) is 12.1 Å². The van der Waals surface area contributed by atoms with Gasteiger partial charge in [-0.1, -0.05) is 32.1 Å². The summed E-state index contributed by atoms with van der Waals surface area (Å²) in [5.41, 5.74) is -0.303. The van der Waals surface area contributed by atoms with Gasteiger partial charge in [-0.2, -0.15) is 0 Å². The summed E-state index contributed by atoms with van der Waals surface area (Å²) in [6.07, 6.45) is 9.12. The Labute approximate surface area is 86.1 Å². The molecule has 0 bridgehead atoms. The third kappa shape index (κ3) is 2.66. The zero-order valence-corrected chi connectivity index (χ0v) is 9.05. The largest absolute Gasteiger partial charge is 0.303 e. The topological polar surface area (TPSA) is 34.1 Å². The van der Waals surface area contributed by atoms with Gasteiger partial charge in [-0.25, -0.2) is 0 Å². The minimum atomic E-state index is -0.303. The summed E-state index contributed by atoms with van der Waals surface area (Å²) in [7, 11) is 0. The molecule has 0 heterocycles. The van der Waals surface area contributed by atoms with Crippen LogP contribution in [0.4, 0.5) is 0 Å². The van der Waals surface area contributed by atoms with E-state index in [2.05, 4.69) is 0 Å². The molecule has 1 aliphatic carbocycles. The molecule has 0 aromatic carbocycles. The Morgan fingerprint density at radius 2 is 1.64 bits per heavy atom. The van der Waals surface area contributed by atoms with E-state index in [4.69, 9.17) is 0 Å². The van der Waals surface area contributed by atoms with Crippen molar-refractivity contribution in [2.45, 2.75) is 58.3 Å². The quantitative estimate of drug-likeness (QED) is 0.650. The third-order valence-electron chi connectivity index (χ3n) is 3.53. The maximum Gasteiger partial charge on any atom is 0.136 e. The summed E-state index contributed by atoms with van der Waals surface area (Å²) >= 11 is 0. The van der Waals surface area contributed by atoms with Crippen molar-refractivity contribution in [1.29, 1.82) is 0 Å². The lowest BCUT2D eigenvalue weighted by Gasteiger charge is -2.31. The predicted octanol–water partition coefficient (Wildman–Crippen LogP) is 2.90. The number of Topliss-reactive ketones (excluding diaryl/α,β-unsaturated/α-hetero) is 1. The van der Waals surface area contributed by atoms with Crippen molar-refractivity contribution < 1.29 is 9.59 Å². The molecule has 2 nitrogen and oxygen atoms in total. The second-order valence-corrected chi connectivity index (χ2v) is 4.48. The molecular weight excluding hydrogens is 176 g/mol. The molecule has 0 atom stereocenters. The summed E-state index contributed by atoms with van der Waals surface area (Å²) in [5, 5.41) is 0. The molecule has 1 saturated carbocycles. The molecule has 0 saturated heterocycles. The van der Waals surface area contributed by atoms with Crippen LogP contribution in [0, 0.1) is 5.41 Å². The van der Waals surface area contributed by atoms with E-state index in [1.54, 1.807) is 6.92 Å². The van der Waals surface area contributed by atoms with Crippen LogP contribution in [0.25, 0.3) is 0 Å². The fraction of sp³-hybridized carbons (Fsp3) is 0.833. The van der Waals surface area contributed by atoms with Crippen LogP contribution >= 0.6 is 0 Å². The summed E-state index contributed by atoms with van der Waals surface area (Å²) < 4.78 is 0. The maximum atomic E-state index is 11.6. The van der Waals surface area contributed by atoms with Gasteiger partial charge in [-0.3, -0.25) is 4.79 Å². The van der Waals surface area contributed by atoms with Gasteiger partial charge in [0, 0.05) is 11.8 Å². The molecule has 1 fully saturated rings. The van der Waals surface area contributed by atoms with Gasteiger partial charge in [0.05, 0.1) is 0 Å². The summed E-state index contributed by atoms with van der Waals surface area (Å²) in [6.45, 7) is 1.64. The van der Waals surface area contributed by atoms with Crippen LogP contribution in [0.15, 0.2) is 0 Å². The second-order valence-electron chi connectivity index (χ2n) is 4.48. The Bertz CT molecular complexity index is 200. The average Bonchev–Trinajstić information content (AvgIpc) is 2.09. The van der Waals surface area contributed by atoms with Crippen molar-refractivity contribution in [3.8, 4) is 0 Å². The minimum Gasteiger partial charge on any atom is -0.303 e. The van der Waals surface area contributed by atoms with Crippen LogP contribution < -0.4 is 0 Å². The molecule has 0 aliphatic heterocycles. The third-order valence-corrected chi connectivity index (χ3v) is 3.53. The number of hydrogen-bond donors (Lipinski definition) is 0. The van der Waals surface area contributed by atoms with Gasteiger partial charge < -0.3 is 4.79 Å². The van der Waals surface area contributed by atoms with E-state index >= 15 is 0 Å². The molecule has 0 aromatic rings. The van der Waals surface area contributed by atoms with Crippen molar-refractivity contribution >= 4 is 12.1 Å². The molecule has 0 radical (unpaired) electrons. The highest BCUT2D eigenvalue weighted by molar-refractivity contribution is 5.84. The van der Waals surface area contributed by atoms with Crippen LogP contribution in [0.3, 0.4) is 0 Å². The Morgan fingerprint density at radius 1 is 1.14 bits per heavy atom. The van der Waals surface area contributed by atoms with Crippen molar-refractivity contribution in [1.82, 2.24) is 0 Å². The normalized spacial score (nSPS) is 22.1. The molecule has 0 spiro atoms. The van der Waals surface area contributed by atoms with Crippen molar-refractivity contribution in [3.05, 3.63) is 0 Å². The van der Waals surface area contributed by atoms with Crippen molar-refractivity contribution in [2.75, 3.05) is 0 Å². The zero-order valence-electron chi connectivity index (χ0n) is 9.05. The van der Waals surface area contributed by atoms with Gasteiger partial charge in [-0.15, -0.1) is 0 Å². The molecule has 0 unspecified atom stereocenters. The predicted molar refractivity (Wildman–Crippen MR) is 56.1 cm³/mol. The lowest BCUT2D eigenvalue weighted by Crippen LogP contribution is -2.30. The highest BCUT2D eigenvalue weighted by atomic mass is 16.1. The monoisotopic (exact) mass is 196 g/mol. The summed E-state index contributed by atoms with van der Waals surface area (Å²) in [6, 6.07) is 0. The number of rotatable bonds is 3. The number of carbonyl (C=O) groups is 2. The van der Waals surface area contributed by atoms with E-state index in [-0.39, 0.29) is 11.2 Å². The number of hydrogen-bond acceptors (Lipinski definition) is 2. The number of ketones is 1.